The van der Waals surface area contributed by atoms with Crippen LogP contribution in [0.15, 0.2) is 28.4 Å². The number of alkyl halides is 3. The highest BCUT2D eigenvalue weighted by Crippen LogP contribution is 2.39. The Balaban J connectivity index is 3.21. The van der Waals surface area contributed by atoms with E-state index in [4.69, 9.17) is 22.1 Å². The van der Waals surface area contributed by atoms with E-state index in [1.165, 1.54) is 0 Å². The highest BCUT2D eigenvalue weighted by molar-refractivity contribution is 9.10. The summed E-state index contributed by atoms with van der Waals surface area (Å²) in [6.07, 6.45) is -3.56. The molecule has 0 heterocycles. The normalized spacial score (nSPS) is 10.3. The molecule has 0 fully saturated rings. The number of allylic oxidation sites excluding steroid dienone is 1. The summed E-state index contributed by atoms with van der Waals surface area (Å²) in [6.45, 7) is 0. The summed E-state index contributed by atoms with van der Waals surface area (Å²) in [4.78, 5) is 0. The number of anilines is 1. The van der Waals surface area contributed by atoms with E-state index in [1.807, 2.05) is 0 Å². The van der Waals surface area contributed by atoms with E-state index in [1.54, 1.807) is 12.1 Å². The van der Waals surface area contributed by atoms with Crippen molar-refractivity contribution in [1.29, 1.82) is 10.5 Å². The lowest BCUT2D eigenvalue weighted by Gasteiger charge is -2.12. The molecule has 0 saturated carbocycles. The number of nitrogens with zero attached hydrogens (tertiary/aromatic N) is 2. The molecule has 0 unspecified atom stereocenters. The van der Waals surface area contributed by atoms with Crippen molar-refractivity contribution in [2.24, 2.45) is 0 Å². The molecule has 19 heavy (non-hydrogen) atoms. The van der Waals surface area contributed by atoms with E-state index in [2.05, 4.69) is 21.2 Å². The first-order chi connectivity index (χ1) is 8.79. The third kappa shape index (κ3) is 3.88. The SMILES string of the molecule is N#CC(C#N)=CNc1cc(C(F)(F)F)c(Br)cc1Cl. The maximum atomic E-state index is 12.7. The van der Waals surface area contributed by atoms with Crippen LogP contribution in [0, 0.1) is 22.7 Å². The van der Waals surface area contributed by atoms with Gasteiger partial charge in [-0.2, -0.15) is 23.7 Å². The van der Waals surface area contributed by atoms with E-state index < -0.39 is 11.7 Å². The highest BCUT2D eigenvalue weighted by Gasteiger charge is 2.33. The predicted octanol–water partition coefficient (Wildman–Crippen LogP) is 4.46. The number of hydrogen-bond acceptors (Lipinski definition) is 3. The van der Waals surface area contributed by atoms with Gasteiger partial charge in [0.2, 0.25) is 0 Å². The van der Waals surface area contributed by atoms with Crippen LogP contribution >= 0.6 is 27.5 Å². The first kappa shape index (κ1) is 15.4. The van der Waals surface area contributed by atoms with E-state index in [0.29, 0.717) is 0 Å². The smallest absolute Gasteiger partial charge is 0.359 e. The van der Waals surface area contributed by atoms with Crippen LogP contribution in [0.25, 0.3) is 0 Å². The van der Waals surface area contributed by atoms with Crippen molar-refractivity contribution >= 4 is 33.2 Å². The fraction of sp³-hybridized carbons (Fsp3) is 0.0909. The molecule has 0 aliphatic carbocycles. The Hall–Kier alpha value is -1.70. The summed E-state index contributed by atoms with van der Waals surface area (Å²) in [7, 11) is 0. The minimum atomic E-state index is -4.54. The second-order valence-electron chi connectivity index (χ2n) is 3.24. The second-order valence-corrected chi connectivity index (χ2v) is 4.50. The molecule has 0 aromatic heterocycles. The minimum absolute atomic E-state index is 0.0198. The highest BCUT2D eigenvalue weighted by atomic mass is 79.9. The third-order valence-corrected chi connectivity index (χ3v) is 2.94. The second kappa shape index (κ2) is 5.96. The summed E-state index contributed by atoms with van der Waals surface area (Å²) in [6, 6.07) is 4.99. The van der Waals surface area contributed by atoms with Crippen LogP contribution in [-0.2, 0) is 6.18 Å². The monoisotopic (exact) mass is 349 g/mol. The van der Waals surface area contributed by atoms with E-state index in [0.717, 1.165) is 18.3 Å². The van der Waals surface area contributed by atoms with Gasteiger partial charge in [-0.1, -0.05) is 27.5 Å². The van der Waals surface area contributed by atoms with Crippen LogP contribution in [-0.4, -0.2) is 0 Å². The molecule has 1 rings (SSSR count). The predicted molar refractivity (Wildman–Crippen MR) is 67.1 cm³/mol. The number of halogens is 5. The van der Waals surface area contributed by atoms with Crippen molar-refractivity contribution in [1.82, 2.24) is 0 Å². The molecule has 0 spiro atoms. The molecule has 0 aliphatic heterocycles. The Morgan fingerprint density at radius 3 is 2.37 bits per heavy atom. The zero-order valence-corrected chi connectivity index (χ0v) is 11.4. The third-order valence-electron chi connectivity index (χ3n) is 1.98. The molecule has 1 aromatic rings. The van der Waals surface area contributed by atoms with Crippen molar-refractivity contribution < 1.29 is 13.2 Å². The number of nitriles is 2. The lowest BCUT2D eigenvalue weighted by atomic mass is 10.2. The van der Waals surface area contributed by atoms with Gasteiger partial charge in [0, 0.05) is 10.7 Å². The van der Waals surface area contributed by atoms with Crippen LogP contribution in [0.1, 0.15) is 5.56 Å². The van der Waals surface area contributed by atoms with Crippen molar-refractivity contribution in [3.63, 3.8) is 0 Å². The van der Waals surface area contributed by atoms with Crippen LogP contribution in [0.2, 0.25) is 5.02 Å². The number of rotatable bonds is 2. The first-order valence-corrected chi connectivity index (χ1v) is 5.80. The molecule has 0 amide bonds. The molecule has 0 atom stereocenters. The number of hydrogen-bond donors (Lipinski definition) is 1. The van der Waals surface area contributed by atoms with Crippen LogP contribution in [0.3, 0.4) is 0 Å². The van der Waals surface area contributed by atoms with Crippen molar-refractivity contribution in [2.45, 2.75) is 6.18 Å². The van der Waals surface area contributed by atoms with Crippen LogP contribution in [0.5, 0.6) is 0 Å². The maximum absolute atomic E-state index is 12.7. The van der Waals surface area contributed by atoms with Crippen LogP contribution < -0.4 is 5.32 Å². The van der Waals surface area contributed by atoms with Gasteiger partial charge < -0.3 is 5.32 Å². The molecular weight excluding hydrogens is 346 g/mol. The molecule has 1 aromatic carbocycles. The summed E-state index contributed by atoms with van der Waals surface area (Å²) < 4.78 is 37.8. The van der Waals surface area contributed by atoms with Gasteiger partial charge in [0.1, 0.15) is 17.7 Å². The fourth-order valence-electron chi connectivity index (χ4n) is 1.12. The van der Waals surface area contributed by atoms with Crippen molar-refractivity contribution in [3.8, 4) is 12.1 Å². The zero-order valence-electron chi connectivity index (χ0n) is 9.02. The molecule has 0 saturated heterocycles. The zero-order chi connectivity index (χ0) is 14.6. The quantitative estimate of drug-likeness (QED) is 0.801. The van der Waals surface area contributed by atoms with Crippen LogP contribution in [0.4, 0.5) is 18.9 Å². The summed E-state index contributed by atoms with van der Waals surface area (Å²) >= 11 is 8.54. The van der Waals surface area contributed by atoms with Gasteiger partial charge in [0.15, 0.2) is 0 Å². The lowest BCUT2D eigenvalue weighted by Crippen LogP contribution is -2.07. The largest absolute Gasteiger partial charge is 0.417 e. The van der Waals surface area contributed by atoms with E-state index in [-0.39, 0.29) is 20.8 Å². The van der Waals surface area contributed by atoms with Gasteiger partial charge in [-0.05, 0) is 12.1 Å². The molecular formula is C11H4BrClF3N3. The van der Waals surface area contributed by atoms with Gasteiger partial charge in [-0.3, -0.25) is 0 Å². The Morgan fingerprint density at radius 1 is 1.32 bits per heavy atom. The Kier molecular flexibility index (Phi) is 4.82. The number of nitrogens with one attached hydrogen (secondary N) is 1. The van der Waals surface area contributed by atoms with Gasteiger partial charge in [0.05, 0.1) is 16.3 Å². The summed E-state index contributed by atoms with van der Waals surface area (Å²) in [5.74, 6) is 0. The van der Waals surface area contributed by atoms with Crippen molar-refractivity contribution in [2.75, 3.05) is 5.32 Å². The topological polar surface area (TPSA) is 59.6 Å². The fourth-order valence-corrected chi connectivity index (χ4v) is 2.03. The average molecular weight is 351 g/mol. The molecule has 3 nitrogen and oxygen atoms in total. The van der Waals surface area contributed by atoms with Crippen molar-refractivity contribution in [3.05, 3.63) is 39.0 Å². The van der Waals surface area contributed by atoms with E-state index in [9.17, 15) is 13.2 Å². The van der Waals surface area contributed by atoms with Gasteiger partial charge in [-0.25, -0.2) is 0 Å². The van der Waals surface area contributed by atoms with Gasteiger partial charge in [0.25, 0.3) is 0 Å². The van der Waals surface area contributed by atoms with Gasteiger partial charge >= 0.3 is 6.18 Å². The maximum Gasteiger partial charge on any atom is 0.417 e. The minimum Gasteiger partial charge on any atom is -0.359 e. The first-order valence-electron chi connectivity index (χ1n) is 4.62. The molecule has 0 bridgehead atoms. The molecule has 98 valence electrons. The average Bonchev–Trinajstić information content (AvgIpc) is 2.31. The summed E-state index contributed by atoms with van der Waals surface area (Å²) in [5.41, 5.74) is -1.25. The van der Waals surface area contributed by atoms with Gasteiger partial charge in [-0.15, -0.1) is 0 Å². The summed E-state index contributed by atoms with van der Waals surface area (Å²) in [5, 5.41) is 19.4. The lowest BCUT2D eigenvalue weighted by molar-refractivity contribution is -0.138. The standard InChI is InChI=1S/C11H4BrClF3N3/c12-8-2-9(13)10(1-7(8)11(14,15)16)19-5-6(3-17)4-18/h1-2,5,19H. The molecule has 0 aliphatic rings. The Morgan fingerprint density at radius 2 is 1.89 bits per heavy atom. The molecule has 8 heteroatoms. The molecule has 1 N–H and O–H groups in total. The Labute approximate surface area is 120 Å². The molecule has 0 radical (unpaired) electrons. The Bertz CT molecular complexity index is 595. The number of benzene rings is 1. The van der Waals surface area contributed by atoms with E-state index >= 15 is 0 Å².